The third-order valence-electron chi connectivity index (χ3n) is 4.80. The van der Waals surface area contributed by atoms with Crippen LogP contribution in [0.2, 0.25) is 0 Å². The summed E-state index contributed by atoms with van der Waals surface area (Å²) in [5.74, 6) is 0.139. The number of nitrogens with one attached hydrogen (secondary N) is 2. The fraction of sp³-hybridized carbons (Fsp3) is 0.217. The van der Waals surface area contributed by atoms with Gasteiger partial charge in [-0.3, -0.25) is 30.1 Å². The lowest BCUT2D eigenvalue weighted by Crippen LogP contribution is -2.42. The third kappa shape index (κ3) is 6.37. The lowest BCUT2D eigenvalue weighted by Gasteiger charge is -2.14. The van der Waals surface area contributed by atoms with Gasteiger partial charge in [-0.05, 0) is 58.3 Å². The van der Waals surface area contributed by atoms with Crippen LogP contribution >= 0.6 is 39.9 Å². The van der Waals surface area contributed by atoms with Crippen molar-refractivity contribution in [2.24, 2.45) is 0 Å². The maximum atomic E-state index is 12.8. The van der Waals surface area contributed by atoms with Gasteiger partial charge < -0.3 is 9.47 Å². The van der Waals surface area contributed by atoms with E-state index in [0.29, 0.717) is 43.7 Å². The average molecular weight is 564 g/mol. The van der Waals surface area contributed by atoms with Crippen LogP contribution < -0.4 is 20.3 Å². The summed E-state index contributed by atoms with van der Waals surface area (Å²) in [5.41, 5.74) is 5.94. The number of carbonyl (C=O) groups is 3. The van der Waals surface area contributed by atoms with Crippen LogP contribution in [0.4, 0.5) is 0 Å². The number of thioether (sulfide) groups is 1. The van der Waals surface area contributed by atoms with E-state index in [2.05, 4.69) is 26.8 Å². The van der Waals surface area contributed by atoms with Gasteiger partial charge in [0.25, 0.3) is 11.8 Å². The van der Waals surface area contributed by atoms with Gasteiger partial charge in [0.1, 0.15) is 4.32 Å². The fourth-order valence-corrected chi connectivity index (χ4v) is 4.86. The minimum absolute atomic E-state index is 0.113. The maximum absolute atomic E-state index is 12.8. The molecule has 2 N–H and O–H groups in total. The molecule has 0 saturated carbocycles. The molecule has 178 valence electrons. The molecule has 0 aliphatic carbocycles. The predicted octanol–water partition coefficient (Wildman–Crippen LogP) is 3.91. The Bertz CT molecular complexity index is 1160. The van der Waals surface area contributed by atoms with E-state index in [4.69, 9.17) is 21.7 Å². The van der Waals surface area contributed by atoms with Crippen LogP contribution in [0.1, 0.15) is 28.8 Å². The van der Waals surface area contributed by atoms with Gasteiger partial charge in [0.05, 0.1) is 24.7 Å². The quantitative estimate of drug-likeness (QED) is 0.285. The first-order chi connectivity index (χ1) is 16.3. The Morgan fingerprint density at radius 2 is 1.85 bits per heavy atom. The normalized spacial score (nSPS) is 14.3. The molecule has 8 nitrogen and oxygen atoms in total. The number of hydrazine groups is 1. The molecule has 0 radical (unpaired) electrons. The molecule has 1 heterocycles. The molecule has 3 amide bonds. The first-order valence-corrected chi connectivity index (χ1v) is 12.2. The smallest absolute Gasteiger partial charge is 0.270 e. The largest absolute Gasteiger partial charge is 0.493 e. The van der Waals surface area contributed by atoms with Crippen molar-refractivity contribution >= 4 is 68.0 Å². The van der Waals surface area contributed by atoms with Gasteiger partial charge in [-0.25, -0.2) is 0 Å². The Labute approximate surface area is 215 Å². The van der Waals surface area contributed by atoms with Crippen LogP contribution in [0, 0.1) is 0 Å². The summed E-state index contributed by atoms with van der Waals surface area (Å²) in [5, 5.41) is 0. The number of halogens is 1. The number of ether oxygens (including phenoxy) is 2. The molecule has 1 aliphatic rings. The van der Waals surface area contributed by atoms with Crippen LogP contribution in [-0.4, -0.2) is 47.7 Å². The van der Waals surface area contributed by atoms with E-state index in [1.54, 1.807) is 56.7 Å². The van der Waals surface area contributed by atoms with Crippen molar-refractivity contribution < 1.29 is 23.9 Å². The highest BCUT2D eigenvalue weighted by Gasteiger charge is 2.31. The zero-order valence-electron chi connectivity index (χ0n) is 18.4. The molecule has 11 heteroatoms. The molecule has 3 rings (SSSR count). The van der Waals surface area contributed by atoms with Gasteiger partial charge in [-0.1, -0.05) is 42.2 Å². The number of amides is 3. The highest BCUT2D eigenvalue weighted by atomic mass is 79.9. The van der Waals surface area contributed by atoms with Crippen molar-refractivity contribution in [2.75, 3.05) is 20.8 Å². The molecule has 0 unspecified atom stereocenters. The van der Waals surface area contributed by atoms with Crippen LogP contribution in [0.3, 0.4) is 0 Å². The number of rotatable bonds is 8. The first-order valence-electron chi connectivity index (χ1n) is 10.1. The number of thiocarbonyl (C=S) groups is 1. The first kappa shape index (κ1) is 25.7. The van der Waals surface area contributed by atoms with E-state index in [-0.39, 0.29) is 18.2 Å². The van der Waals surface area contributed by atoms with Gasteiger partial charge in [0.2, 0.25) is 5.91 Å². The second kappa shape index (κ2) is 12.0. The lowest BCUT2D eigenvalue weighted by molar-refractivity contribution is -0.124. The highest BCUT2D eigenvalue weighted by Crippen LogP contribution is 2.34. The summed E-state index contributed by atoms with van der Waals surface area (Å²) < 4.78 is 11.6. The molecule has 0 atom stereocenters. The molecule has 34 heavy (non-hydrogen) atoms. The minimum atomic E-state index is -0.432. The van der Waals surface area contributed by atoms with Crippen molar-refractivity contribution in [3.63, 3.8) is 0 Å². The molecule has 0 spiro atoms. The van der Waals surface area contributed by atoms with Crippen molar-refractivity contribution in [3.8, 4) is 11.5 Å². The van der Waals surface area contributed by atoms with E-state index in [9.17, 15) is 14.4 Å². The number of carbonyl (C=O) groups excluding carboxylic acids is 3. The standard InChI is InChI=1S/C23H22BrN3O5S2/c1-31-17-10-9-14(12-18(17)32-2)13-19-22(30)27(23(33)34-19)11-5-8-20(28)25-26-21(29)15-6-3-4-7-16(15)24/h3-4,6-7,9-10,12-13H,5,8,11H2,1-2H3,(H,25,28)(H,26,29). The number of benzene rings is 2. The van der Waals surface area contributed by atoms with Gasteiger partial charge in [0, 0.05) is 17.4 Å². The van der Waals surface area contributed by atoms with Crippen LogP contribution in [-0.2, 0) is 9.59 Å². The van der Waals surface area contributed by atoms with Gasteiger partial charge >= 0.3 is 0 Å². The topological polar surface area (TPSA) is 97.0 Å². The molecule has 1 aliphatic heterocycles. The Morgan fingerprint density at radius 1 is 1.12 bits per heavy atom. The Hall–Kier alpha value is -2.89. The number of hydrogen-bond acceptors (Lipinski definition) is 7. The van der Waals surface area contributed by atoms with Crippen molar-refractivity contribution in [1.82, 2.24) is 15.8 Å². The average Bonchev–Trinajstić information content (AvgIpc) is 3.10. The van der Waals surface area contributed by atoms with E-state index >= 15 is 0 Å². The Morgan fingerprint density at radius 3 is 2.56 bits per heavy atom. The second-order valence-electron chi connectivity index (χ2n) is 7.03. The van der Waals surface area contributed by atoms with Crippen molar-refractivity contribution in [2.45, 2.75) is 12.8 Å². The fourth-order valence-electron chi connectivity index (χ4n) is 3.09. The monoisotopic (exact) mass is 563 g/mol. The van der Waals surface area contributed by atoms with E-state index in [1.165, 1.54) is 16.7 Å². The number of nitrogens with zero attached hydrogens (tertiary/aromatic N) is 1. The van der Waals surface area contributed by atoms with Crippen LogP contribution in [0.25, 0.3) is 6.08 Å². The Balaban J connectivity index is 1.51. The summed E-state index contributed by atoms with van der Waals surface area (Å²) in [6, 6.07) is 12.2. The van der Waals surface area contributed by atoms with Gasteiger partial charge in [0.15, 0.2) is 11.5 Å². The molecule has 2 aromatic carbocycles. The van der Waals surface area contributed by atoms with Crippen LogP contribution in [0.15, 0.2) is 51.8 Å². The number of methoxy groups -OCH3 is 2. The Kier molecular flexibility index (Phi) is 9.08. The summed E-state index contributed by atoms with van der Waals surface area (Å²) >= 11 is 9.85. The lowest BCUT2D eigenvalue weighted by atomic mass is 10.2. The molecule has 0 aromatic heterocycles. The number of hydrogen-bond donors (Lipinski definition) is 2. The van der Waals surface area contributed by atoms with E-state index < -0.39 is 5.91 Å². The molecular weight excluding hydrogens is 542 g/mol. The van der Waals surface area contributed by atoms with Crippen molar-refractivity contribution in [1.29, 1.82) is 0 Å². The zero-order valence-corrected chi connectivity index (χ0v) is 21.6. The molecule has 1 saturated heterocycles. The molecular formula is C23H22BrN3O5S2. The SMILES string of the molecule is COc1ccc(C=C2SC(=S)N(CCCC(=O)NNC(=O)c3ccccc3Br)C2=O)cc1OC. The summed E-state index contributed by atoms with van der Waals surface area (Å²) in [6.45, 7) is 0.291. The molecule has 2 aromatic rings. The minimum Gasteiger partial charge on any atom is -0.493 e. The molecule has 0 bridgehead atoms. The third-order valence-corrected chi connectivity index (χ3v) is 6.87. The summed E-state index contributed by atoms with van der Waals surface area (Å²) in [4.78, 5) is 39.0. The summed E-state index contributed by atoms with van der Waals surface area (Å²) in [6.07, 6.45) is 2.24. The van der Waals surface area contributed by atoms with Crippen LogP contribution in [0.5, 0.6) is 11.5 Å². The van der Waals surface area contributed by atoms with Gasteiger partial charge in [-0.2, -0.15) is 0 Å². The highest BCUT2D eigenvalue weighted by molar-refractivity contribution is 9.10. The second-order valence-corrected chi connectivity index (χ2v) is 9.56. The predicted molar refractivity (Wildman–Crippen MR) is 138 cm³/mol. The van der Waals surface area contributed by atoms with E-state index in [1.807, 2.05) is 6.07 Å². The maximum Gasteiger partial charge on any atom is 0.270 e. The molecule has 1 fully saturated rings. The summed E-state index contributed by atoms with van der Waals surface area (Å²) in [7, 11) is 3.10. The van der Waals surface area contributed by atoms with E-state index in [0.717, 1.165) is 5.56 Å². The van der Waals surface area contributed by atoms with Gasteiger partial charge in [-0.15, -0.1) is 0 Å². The zero-order chi connectivity index (χ0) is 24.7. The van der Waals surface area contributed by atoms with Crippen molar-refractivity contribution in [3.05, 3.63) is 63.0 Å².